The van der Waals surface area contributed by atoms with Gasteiger partial charge in [0.25, 0.3) is 15.0 Å². The van der Waals surface area contributed by atoms with Crippen molar-refractivity contribution in [2.75, 3.05) is 6.54 Å². The van der Waals surface area contributed by atoms with Gasteiger partial charge in [-0.1, -0.05) is 19.8 Å². The summed E-state index contributed by atoms with van der Waals surface area (Å²) in [7, 11) is 3.11. The van der Waals surface area contributed by atoms with Crippen LogP contribution in [0.5, 0.6) is 0 Å². The molecule has 0 aliphatic heterocycles. The molecule has 21 heavy (non-hydrogen) atoms. The fraction of sp³-hybridized carbons (Fsp3) is 0.643. The van der Waals surface area contributed by atoms with Crippen molar-refractivity contribution in [3.05, 3.63) is 18.0 Å². The maximum atomic E-state index is 12.2. The molecule has 1 N–H and O–H groups in total. The number of carbonyl (C=O) groups is 1. The van der Waals surface area contributed by atoms with Crippen LogP contribution < -0.4 is 5.32 Å². The Kier molecular flexibility index (Phi) is 4.99. The Morgan fingerprint density at radius 2 is 2.19 bits per heavy atom. The summed E-state index contributed by atoms with van der Waals surface area (Å²) in [6.07, 6.45) is 6.09. The molecule has 2 rings (SSSR count). The highest BCUT2D eigenvalue weighted by molar-refractivity contribution is 8.13. The minimum absolute atomic E-state index is 0.0527. The topological polar surface area (TPSA) is 68.2 Å². The van der Waals surface area contributed by atoms with Crippen molar-refractivity contribution in [3.8, 4) is 0 Å². The third kappa shape index (κ3) is 4.23. The molecule has 1 amide bonds. The summed E-state index contributed by atoms with van der Waals surface area (Å²) < 4.78 is 24.0. The number of hydrogen-bond donors (Lipinski definition) is 1. The maximum absolute atomic E-state index is 12.2. The summed E-state index contributed by atoms with van der Waals surface area (Å²) in [5.41, 5.74) is 0.304. The molecule has 1 saturated carbocycles. The summed E-state index contributed by atoms with van der Waals surface area (Å²) in [4.78, 5) is 12.1. The second-order valence-corrected chi connectivity index (χ2v) is 8.52. The van der Waals surface area contributed by atoms with Gasteiger partial charge < -0.3 is 9.88 Å². The first-order valence-corrected chi connectivity index (χ1v) is 9.47. The number of rotatable bonds is 4. The predicted octanol–water partition coefficient (Wildman–Crippen LogP) is 2.51. The van der Waals surface area contributed by atoms with Crippen LogP contribution in [0, 0.1) is 11.8 Å². The van der Waals surface area contributed by atoms with Crippen LogP contribution in [0.3, 0.4) is 0 Å². The number of amides is 1. The number of nitrogens with one attached hydrogen (secondary N) is 1. The Morgan fingerprint density at radius 3 is 2.76 bits per heavy atom. The van der Waals surface area contributed by atoms with Crippen LogP contribution in [0.25, 0.3) is 0 Å². The second kappa shape index (κ2) is 6.40. The van der Waals surface area contributed by atoms with Gasteiger partial charge in [0.15, 0.2) is 0 Å². The van der Waals surface area contributed by atoms with Crippen molar-refractivity contribution < 1.29 is 13.2 Å². The second-order valence-electron chi connectivity index (χ2n) is 5.96. The first-order chi connectivity index (χ1) is 9.77. The molecule has 0 radical (unpaired) electrons. The average Bonchev–Trinajstić information content (AvgIpc) is 2.78. The SMILES string of the molecule is CC1CCCC(CNC(=O)c2cc(S(=O)(=O)Cl)cn2C)C1. The molecular formula is C14H21ClN2O3S. The molecule has 1 fully saturated rings. The lowest BCUT2D eigenvalue weighted by Gasteiger charge is -2.26. The molecule has 0 aromatic carbocycles. The Morgan fingerprint density at radius 1 is 1.48 bits per heavy atom. The smallest absolute Gasteiger partial charge is 0.267 e. The molecule has 1 aromatic heterocycles. The first kappa shape index (κ1) is 16.4. The van der Waals surface area contributed by atoms with Gasteiger partial charge in [0, 0.05) is 30.5 Å². The minimum Gasteiger partial charge on any atom is -0.350 e. The summed E-state index contributed by atoms with van der Waals surface area (Å²) in [5, 5.41) is 2.90. The summed E-state index contributed by atoms with van der Waals surface area (Å²) in [6, 6.07) is 1.31. The van der Waals surface area contributed by atoms with Gasteiger partial charge in [0.05, 0.1) is 0 Å². The maximum Gasteiger partial charge on any atom is 0.267 e. The van der Waals surface area contributed by atoms with Gasteiger partial charge in [-0.2, -0.15) is 0 Å². The molecule has 0 spiro atoms. The van der Waals surface area contributed by atoms with Crippen molar-refractivity contribution in [1.29, 1.82) is 0 Å². The zero-order valence-corrected chi connectivity index (χ0v) is 13.9. The highest BCUT2D eigenvalue weighted by atomic mass is 35.7. The van der Waals surface area contributed by atoms with E-state index in [4.69, 9.17) is 10.7 Å². The minimum atomic E-state index is -3.81. The van der Waals surface area contributed by atoms with E-state index >= 15 is 0 Å². The summed E-state index contributed by atoms with van der Waals surface area (Å²) in [5.74, 6) is 0.958. The molecule has 5 nitrogen and oxygen atoms in total. The van der Waals surface area contributed by atoms with E-state index in [1.54, 1.807) is 7.05 Å². The standard InChI is InChI=1S/C14H21ClN2O3S/c1-10-4-3-5-11(6-10)8-16-14(18)13-7-12(9-17(13)2)21(15,19)20/h7,9-11H,3-6,8H2,1-2H3,(H,16,18). The Labute approximate surface area is 130 Å². The Bertz CT molecular complexity index is 624. The molecule has 0 saturated heterocycles. The van der Waals surface area contributed by atoms with Crippen LogP contribution in [0.2, 0.25) is 0 Å². The summed E-state index contributed by atoms with van der Waals surface area (Å²) >= 11 is 0. The molecule has 0 bridgehead atoms. The van der Waals surface area contributed by atoms with Crippen molar-refractivity contribution in [2.45, 2.75) is 37.5 Å². The van der Waals surface area contributed by atoms with E-state index in [9.17, 15) is 13.2 Å². The molecule has 7 heteroatoms. The van der Waals surface area contributed by atoms with Gasteiger partial charge in [0.1, 0.15) is 10.6 Å². The zero-order valence-electron chi connectivity index (χ0n) is 12.3. The fourth-order valence-corrected chi connectivity index (χ4v) is 3.76. The van der Waals surface area contributed by atoms with Gasteiger partial charge in [-0.25, -0.2) is 8.42 Å². The lowest BCUT2D eigenvalue weighted by molar-refractivity contribution is 0.0932. The molecule has 2 atom stereocenters. The van der Waals surface area contributed by atoms with Gasteiger partial charge in [-0.3, -0.25) is 4.79 Å². The van der Waals surface area contributed by atoms with Crippen LogP contribution in [-0.4, -0.2) is 25.4 Å². The van der Waals surface area contributed by atoms with E-state index in [1.807, 2.05) is 0 Å². The molecule has 118 valence electrons. The Balaban J connectivity index is 1.99. The quantitative estimate of drug-likeness (QED) is 0.861. The average molecular weight is 333 g/mol. The predicted molar refractivity (Wildman–Crippen MR) is 81.9 cm³/mol. The number of aryl methyl sites for hydroxylation is 1. The molecule has 1 aliphatic carbocycles. The molecular weight excluding hydrogens is 312 g/mol. The van der Waals surface area contributed by atoms with Crippen LogP contribution in [-0.2, 0) is 16.1 Å². The number of nitrogens with zero attached hydrogens (tertiary/aromatic N) is 1. The third-order valence-electron chi connectivity index (χ3n) is 4.09. The lowest BCUT2D eigenvalue weighted by atomic mass is 9.82. The molecule has 1 aliphatic rings. The van der Waals surface area contributed by atoms with E-state index in [0.717, 1.165) is 12.8 Å². The van der Waals surface area contributed by atoms with Crippen molar-refractivity contribution in [2.24, 2.45) is 18.9 Å². The van der Waals surface area contributed by atoms with Gasteiger partial charge >= 0.3 is 0 Å². The van der Waals surface area contributed by atoms with Crippen LogP contribution in [0.1, 0.15) is 43.1 Å². The highest BCUT2D eigenvalue weighted by Gasteiger charge is 2.21. The molecule has 1 aromatic rings. The Hall–Kier alpha value is -1.01. The highest BCUT2D eigenvalue weighted by Crippen LogP contribution is 2.28. The number of carbonyl (C=O) groups excluding carboxylic acids is 1. The van der Waals surface area contributed by atoms with E-state index in [1.165, 1.54) is 29.7 Å². The van der Waals surface area contributed by atoms with E-state index < -0.39 is 9.05 Å². The third-order valence-corrected chi connectivity index (χ3v) is 5.41. The van der Waals surface area contributed by atoms with Crippen molar-refractivity contribution >= 4 is 25.6 Å². The van der Waals surface area contributed by atoms with Crippen LogP contribution in [0.15, 0.2) is 17.2 Å². The van der Waals surface area contributed by atoms with Crippen LogP contribution >= 0.6 is 10.7 Å². The first-order valence-electron chi connectivity index (χ1n) is 7.16. The number of hydrogen-bond acceptors (Lipinski definition) is 3. The molecule has 2 unspecified atom stereocenters. The van der Waals surface area contributed by atoms with Crippen molar-refractivity contribution in [1.82, 2.24) is 9.88 Å². The summed E-state index contributed by atoms with van der Waals surface area (Å²) in [6.45, 7) is 2.88. The van der Waals surface area contributed by atoms with Gasteiger partial charge in [0.2, 0.25) is 0 Å². The van der Waals surface area contributed by atoms with Gasteiger partial charge in [-0.05, 0) is 30.7 Å². The van der Waals surface area contributed by atoms with E-state index in [-0.39, 0.29) is 10.8 Å². The molecule has 1 heterocycles. The normalized spacial score (nSPS) is 23.0. The van der Waals surface area contributed by atoms with E-state index in [2.05, 4.69) is 12.2 Å². The zero-order chi connectivity index (χ0) is 15.6. The van der Waals surface area contributed by atoms with E-state index in [0.29, 0.717) is 24.1 Å². The lowest BCUT2D eigenvalue weighted by Crippen LogP contribution is -2.32. The van der Waals surface area contributed by atoms with Gasteiger partial charge in [-0.15, -0.1) is 0 Å². The monoisotopic (exact) mass is 332 g/mol. The fourth-order valence-electron chi connectivity index (χ4n) is 2.97. The van der Waals surface area contributed by atoms with Crippen molar-refractivity contribution in [3.63, 3.8) is 0 Å². The largest absolute Gasteiger partial charge is 0.350 e. The van der Waals surface area contributed by atoms with Crippen LogP contribution in [0.4, 0.5) is 0 Å². The number of halogens is 1. The number of aromatic nitrogens is 1.